The molecule has 0 saturated carbocycles. The Balaban J connectivity index is 1.76. The van der Waals surface area contributed by atoms with E-state index in [0.717, 1.165) is 22.8 Å². The van der Waals surface area contributed by atoms with Gasteiger partial charge in [-0.3, -0.25) is 9.69 Å². The molecular formula is C14H13F3N2O2S. The van der Waals surface area contributed by atoms with Gasteiger partial charge >= 0.3 is 12.2 Å². The van der Waals surface area contributed by atoms with Gasteiger partial charge in [-0.2, -0.15) is 24.9 Å². The SMILES string of the molecule is O=C1NC2(CCSC2)C(=O)N1Cc1ccc(C(F)(F)F)cc1. The molecule has 2 aliphatic heterocycles. The van der Waals surface area contributed by atoms with Crippen LogP contribution in [0.5, 0.6) is 0 Å². The molecule has 1 aromatic rings. The molecule has 2 fully saturated rings. The van der Waals surface area contributed by atoms with Gasteiger partial charge in [-0.25, -0.2) is 4.79 Å². The number of rotatable bonds is 2. The van der Waals surface area contributed by atoms with Gasteiger partial charge < -0.3 is 5.32 Å². The zero-order valence-corrected chi connectivity index (χ0v) is 12.3. The van der Waals surface area contributed by atoms with Crippen molar-refractivity contribution < 1.29 is 22.8 Å². The summed E-state index contributed by atoms with van der Waals surface area (Å²) in [4.78, 5) is 25.5. The number of hydrogen-bond acceptors (Lipinski definition) is 3. The van der Waals surface area contributed by atoms with Crippen molar-refractivity contribution in [1.82, 2.24) is 10.2 Å². The summed E-state index contributed by atoms with van der Waals surface area (Å²) in [5.74, 6) is 1.06. The molecular weight excluding hydrogens is 317 g/mol. The fourth-order valence-electron chi connectivity index (χ4n) is 2.63. The van der Waals surface area contributed by atoms with Gasteiger partial charge in [-0.15, -0.1) is 0 Å². The van der Waals surface area contributed by atoms with E-state index in [9.17, 15) is 22.8 Å². The lowest BCUT2D eigenvalue weighted by molar-refractivity contribution is -0.137. The third-order valence-electron chi connectivity index (χ3n) is 3.89. The Morgan fingerprint density at radius 1 is 1.23 bits per heavy atom. The van der Waals surface area contributed by atoms with Crippen LogP contribution in [0, 0.1) is 0 Å². The monoisotopic (exact) mass is 330 g/mol. The topological polar surface area (TPSA) is 49.4 Å². The molecule has 118 valence electrons. The van der Waals surface area contributed by atoms with E-state index < -0.39 is 23.3 Å². The van der Waals surface area contributed by atoms with E-state index in [1.54, 1.807) is 11.8 Å². The second-order valence-corrected chi connectivity index (χ2v) is 6.51. The van der Waals surface area contributed by atoms with E-state index in [2.05, 4.69) is 5.32 Å². The Hall–Kier alpha value is -1.70. The number of halogens is 3. The molecule has 3 rings (SSSR count). The van der Waals surface area contributed by atoms with Crippen LogP contribution in [0.1, 0.15) is 17.5 Å². The number of nitrogens with one attached hydrogen (secondary N) is 1. The molecule has 0 radical (unpaired) electrons. The van der Waals surface area contributed by atoms with E-state index in [1.807, 2.05) is 0 Å². The van der Waals surface area contributed by atoms with Crippen molar-refractivity contribution >= 4 is 23.7 Å². The smallest absolute Gasteiger partial charge is 0.322 e. The van der Waals surface area contributed by atoms with Gasteiger partial charge in [0.05, 0.1) is 12.1 Å². The highest BCUT2D eigenvalue weighted by Crippen LogP contribution is 2.34. The second-order valence-electron chi connectivity index (χ2n) is 5.40. The molecule has 22 heavy (non-hydrogen) atoms. The van der Waals surface area contributed by atoms with Crippen LogP contribution >= 0.6 is 11.8 Å². The number of nitrogens with zero attached hydrogens (tertiary/aromatic N) is 1. The minimum Gasteiger partial charge on any atom is -0.322 e. The Labute approximate surface area is 129 Å². The maximum atomic E-state index is 12.5. The normalized spacial score (nSPS) is 25.1. The van der Waals surface area contributed by atoms with Crippen LogP contribution in [-0.4, -0.2) is 33.9 Å². The fraction of sp³-hybridized carbons (Fsp3) is 0.429. The third-order valence-corrected chi connectivity index (χ3v) is 5.08. The highest BCUT2D eigenvalue weighted by Gasteiger charge is 2.52. The first-order valence-electron chi connectivity index (χ1n) is 6.70. The molecule has 3 amide bonds. The average molecular weight is 330 g/mol. The summed E-state index contributed by atoms with van der Waals surface area (Å²) in [5.41, 5.74) is -1.09. The maximum Gasteiger partial charge on any atom is 0.416 e. The van der Waals surface area contributed by atoms with E-state index in [1.165, 1.54) is 12.1 Å². The van der Waals surface area contributed by atoms with Gasteiger partial charge in [0, 0.05) is 5.75 Å². The molecule has 8 heteroatoms. The van der Waals surface area contributed by atoms with E-state index in [0.29, 0.717) is 17.7 Å². The summed E-state index contributed by atoms with van der Waals surface area (Å²) in [6.07, 6.45) is -3.81. The quantitative estimate of drug-likeness (QED) is 0.848. The second kappa shape index (κ2) is 5.19. The van der Waals surface area contributed by atoms with Crippen molar-refractivity contribution in [2.24, 2.45) is 0 Å². The number of hydrogen-bond donors (Lipinski definition) is 1. The molecule has 2 heterocycles. The highest BCUT2D eigenvalue weighted by molar-refractivity contribution is 7.99. The molecule has 0 bridgehead atoms. The number of amides is 3. The van der Waals surface area contributed by atoms with Crippen LogP contribution in [0.2, 0.25) is 0 Å². The summed E-state index contributed by atoms with van der Waals surface area (Å²) in [6, 6.07) is 4.01. The molecule has 4 nitrogen and oxygen atoms in total. The van der Waals surface area contributed by atoms with Crippen molar-refractivity contribution in [3.05, 3.63) is 35.4 Å². The summed E-state index contributed by atoms with van der Waals surface area (Å²) >= 11 is 1.60. The van der Waals surface area contributed by atoms with Gasteiger partial charge in [0.15, 0.2) is 0 Å². The number of benzene rings is 1. The van der Waals surface area contributed by atoms with Crippen LogP contribution < -0.4 is 5.32 Å². The molecule has 1 atom stereocenters. The molecule has 0 aromatic heterocycles. The minimum atomic E-state index is -4.40. The first-order valence-corrected chi connectivity index (χ1v) is 7.85. The fourth-order valence-corrected chi connectivity index (χ4v) is 3.96. The number of carbonyl (C=O) groups is 2. The number of alkyl halides is 3. The van der Waals surface area contributed by atoms with Gasteiger partial charge in [0.2, 0.25) is 0 Å². The molecule has 0 aliphatic carbocycles. The van der Waals surface area contributed by atoms with E-state index >= 15 is 0 Å². The van der Waals surface area contributed by atoms with E-state index in [4.69, 9.17) is 0 Å². The summed E-state index contributed by atoms with van der Waals surface area (Å²) < 4.78 is 37.6. The van der Waals surface area contributed by atoms with Gasteiger partial charge in [-0.05, 0) is 29.9 Å². The van der Waals surface area contributed by atoms with Crippen LogP contribution in [0.15, 0.2) is 24.3 Å². The predicted octanol–water partition coefficient (Wildman–Crippen LogP) is 2.63. The van der Waals surface area contributed by atoms with Crippen molar-refractivity contribution in [3.8, 4) is 0 Å². The highest BCUT2D eigenvalue weighted by atomic mass is 32.2. The Bertz CT molecular complexity index is 610. The summed E-state index contributed by atoms with van der Waals surface area (Å²) in [7, 11) is 0. The first-order chi connectivity index (χ1) is 10.3. The molecule has 1 aromatic carbocycles. The predicted molar refractivity (Wildman–Crippen MR) is 75.2 cm³/mol. The van der Waals surface area contributed by atoms with Crippen LogP contribution in [0.4, 0.5) is 18.0 Å². The number of carbonyl (C=O) groups excluding carboxylic acids is 2. The van der Waals surface area contributed by atoms with Gasteiger partial charge in [0.25, 0.3) is 5.91 Å². The van der Waals surface area contributed by atoms with Crippen molar-refractivity contribution in [3.63, 3.8) is 0 Å². The molecule has 2 saturated heterocycles. The van der Waals surface area contributed by atoms with Crippen LogP contribution in [-0.2, 0) is 17.5 Å². The molecule has 1 unspecified atom stereocenters. The van der Waals surface area contributed by atoms with Crippen LogP contribution in [0.3, 0.4) is 0 Å². The maximum absolute atomic E-state index is 12.5. The lowest BCUT2D eigenvalue weighted by Gasteiger charge is -2.19. The lowest BCUT2D eigenvalue weighted by atomic mass is 9.99. The summed E-state index contributed by atoms with van der Waals surface area (Å²) in [6.45, 7) is -0.0186. The largest absolute Gasteiger partial charge is 0.416 e. The Morgan fingerprint density at radius 3 is 2.45 bits per heavy atom. The van der Waals surface area contributed by atoms with Crippen molar-refractivity contribution in [2.45, 2.75) is 24.7 Å². The third kappa shape index (κ3) is 2.55. The number of imide groups is 1. The Kier molecular flexibility index (Phi) is 3.58. The van der Waals surface area contributed by atoms with Gasteiger partial charge in [0.1, 0.15) is 5.54 Å². The minimum absolute atomic E-state index is 0.0186. The lowest BCUT2D eigenvalue weighted by Crippen LogP contribution is -2.46. The van der Waals surface area contributed by atoms with Gasteiger partial charge in [-0.1, -0.05) is 12.1 Å². The number of thioether (sulfide) groups is 1. The van der Waals surface area contributed by atoms with E-state index in [-0.39, 0.29) is 12.5 Å². The zero-order chi connectivity index (χ0) is 16.0. The van der Waals surface area contributed by atoms with Crippen LogP contribution in [0.25, 0.3) is 0 Å². The summed E-state index contributed by atoms with van der Waals surface area (Å²) in [5, 5.41) is 2.72. The molecule has 1 spiro atoms. The van der Waals surface area contributed by atoms with Crippen molar-refractivity contribution in [1.29, 1.82) is 0 Å². The average Bonchev–Trinajstić information content (AvgIpc) is 3.00. The van der Waals surface area contributed by atoms with Crippen molar-refractivity contribution in [2.75, 3.05) is 11.5 Å². The molecule has 1 N–H and O–H groups in total. The first kappa shape index (κ1) is 15.2. The number of urea groups is 1. The standard InChI is InChI=1S/C14H13F3N2O2S/c15-14(16,17)10-3-1-9(2-4-10)7-19-11(20)13(18-12(19)21)5-6-22-8-13/h1-4H,5-8H2,(H,18,21). The Morgan fingerprint density at radius 2 is 1.91 bits per heavy atom. The molecule has 2 aliphatic rings. The zero-order valence-electron chi connectivity index (χ0n) is 11.4.